The molecule has 0 unspecified atom stereocenters. The van der Waals surface area contributed by atoms with Gasteiger partial charge in [-0.1, -0.05) is 11.3 Å². The number of nitrogen functional groups attached to an aromatic ring is 1. The molecule has 62 valence electrons. The largest absolute Gasteiger partial charge is 0.362 e. The van der Waals surface area contributed by atoms with Gasteiger partial charge in [0.05, 0.1) is 0 Å². The van der Waals surface area contributed by atoms with E-state index < -0.39 is 0 Å². The Bertz CT molecular complexity index is 433. The molecular weight excluding hydrogens is 170 g/mol. The zero-order chi connectivity index (χ0) is 8.72. The van der Waals surface area contributed by atoms with Gasteiger partial charge in [0.1, 0.15) is 5.39 Å². The molecule has 0 aliphatic rings. The van der Waals surface area contributed by atoms with Crippen LogP contribution < -0.4 is 10.7 Å². The van der Waals surface area contributed by atoms with E-state index in [0.29, 0.717) is 5.82 Å². The van der Waals surface area contributed by atoms with Crippen LogP contribution in [0, 0.1) is 13.8 Å². The van der Waals surface area contributed by atoms with Crippen molar-refractivity contribution >= 4 is 27.4 Å². The normalized spacial score (nSPS) is 10.8. The molecule has 2 heterocycles. The van der Waals surface area contributed by atoms with Gasteiger partial charge in [-0.15, -0.1) is 0 Å². The van der Waals surface area contributed by atoms with E-state index >= 15 is 0 Å². The lowest BCUT2D eigenvalue weighted by atomic mass is 10.2. The first-order chi connectivity index (χ1) is 5.70. The molecule has 0 saturated carbocycles. The van der Waals surface area contributed by atoms with E-state index in [4.69, 9.17) is 5.73 Å². The third-order valence-corrected chi connectivity index (χ3v) is 3.18. The highest BCUT2D eigenvalue weighted by Crippen LogP contribution is 2.29. The average Bonchev–Trinajstić information content (AvgIpc) is 2.29. The second kappa shape index (κ2) is 2.42. The molecule has 0 saturated heterocycles. The molecule has 0 aromatic carbocycles. The molecule has 0 aliphatic heterocycles. The van der Waals surface area contributed by atoms with Crippen molar-refractivity contribution in [3.05, 3.63) is 16.8 Å². The van der Waals surface area contributed by atoms with Gasteiger partial charge in [0.25, 0.3) is 12.1 Å². The lowest BCUT2D eigenvalue weighted by molar-refractivity contribution is -0.346. The molecule has 0 atom stereocenters. The van der Waals surface area contributed by atoms with Gasteiger partial charge < -0.3 is 5.73 Å². The summed E-state index contributed by atoms with van der Waals surface area (Å²) in [6.45, 7) is 4.16. The molecular formula is C8H10N3S+. The van der Waals surface area contributed by atoms with E-state index in [0.717, 1.165) is 10.2 Å². The molecule has 3 nitrogen and oxygen atoms in total. The Labute approximate surface area is 74.3 Å². The summed E-state index contributed by atoms with van der Waals surface area (Å²) in [6.07, 6.45) is 1.63. The Kier molecular flexibility index (Phi) is 1.51. The van der Waals surface area contributed by atoms with Crippen LogP contribution in [0.5, 0.6) is 0 Å². The van der Waals surface area contributed by atoms with Gasteiger partial charge in [-0.3, -0.25) is 0 Å². The Hall–Kier alpha value is -1.16. The number of nitrogens with zero attached hydrogens (tertiary/aromatic N) is 1. The summed E-state index contributed by atoms with van der Waals surface area (Å²) in [4.78, 5) is 9.49. The highest BCUT2D eigenvalue weighted by atomic mass is 32.1. The minimum absolute atomic E-state index is 0.616. The van der Waals surface area contributed by atoms with Crippen LogP contribution in [0.4, 0.5) is 5.82 Å². The number of aromatic amines is 1. The monoisotopic (exact) mass is 180 g/mol. The number of aryl methyl sites for hydroxylation is 2. The summed E-state index contributed by atoms with van der Waals surface area (Å²) >= 11 is 1.72. The summed E-state index contributed by atoms with van der Waals surface area (Å²) in [6, 6.07) is 0. The van der Waals surface area contributed by atoms with E-state index in [1.165, 1.54) is 10.4 Å². The molecule has 2 rings (SSSR count). The van der Waals surface area contributed by atoms with Gasteiger partial charge in [-0.2, -0.15) is 0 Å². The second-order valence-electron chi connectivity index (χ2n) is 2.78. The van der Waals surface area contributed by atoms with Gasteiger partial charge >= 0.3 is 0 Å². The summed E-state index contributed by atoms with van der Waals surface area (Å²) in [5.74, 6) is 0.616. The Morgan fingerprint density at radius 2 is 2.25 bits per heavy atom. The number of nitrogens with one attached hydrogen (secondary N) is 1. The van der Waals surface area contributed by atoms with Crippen LogP contribution in [0.2, 0.25) is 0 Å². The van der Waals surface area contributed by atoms with E-state index in [2.05, 4.69) is 23.8 Å². The molecule has 0 bridgehead atoms. The number of anilines is 1. The van der Waals surface area contributed by atoms with Crippen molar-refractivity contribution in [3.63, 3.8) is 0 Å². The standard InChI is InChI=1S/C8H9N3S/c1-4-5(2)12-8-6(4)7(9)10-3-11-8/h3H,1-2H3,(H2,9,10,11)/p+1. The maximum atomic E-state index is 5.75. The zero-order valence-corrected chi connectivity index (χ0v) is 7.83. The number of hydrogen-bond acceptors (Lipinski definition) is 3. The summed E-state index contributed by atoms with van der Waals surface area (Å²) < 4.78 is 0. The van der Waals surface area contributed by atoms with Crippen molar-refractivity contribution in [2.75, 3.05) is 5.73 Å². The topological polar surface area (TPSA) is 53.0 Å². The molecule has 4 heteroatoms. The van der Waals surface area contributed by atoms with Gasteiger partial charge in [0.15, 0.2) is 4.83 Å². The van der Waals surface area contributed by atoms with E-state index in [1.807, 2.05) is 0 Å². The number of thiophene rings is 1. The first-order valence-corrected chi connectivity index (χ1v) is 4.53. The van der Waals surface area contributed by atoms with Crippen molar-refractivity contribution in [1.82, 2.24) is 4.98 Å². The van der Waals surface area contributed by atoms with E-state index in [-0.39, 0.29) is 0 Å². The number of aromatic nitrogens is 2. The minimum Gasteiger partial charge on any atom is -0.362 e. The Morgan fingerprint density at radius 3 is 2.92 bits per heavy atom. The predicted molar refractivity (Wildman–Crippen MR) is 50.1 cm³/mol. The zero-order valence-electron chi connectivity index (χ0n) is 7.01. The fourth-order valence-electron chi connectivity index (χ4n) is 1.26. The van der Waals surface area contributed by atoms with Crippen LogP contribution in [-0.2, 0) is 0 Å². The summed E-state index contributed by atoms with van der Waals surface area (Å²) in [5, 5.41) is 1.07. The molecule has 0 radical (unpaired) electrons. The van der Waals surface area contributed by atoms with E-state index in [9.17, 15) is 0 Å². The highest BCUT2D eigenvalue weighted by Gasteiger charge is 2.13. The Morgan fingerprint density at radius 1 is 1.50 bits per heavy atom. The summed E-state index contributed by atoms with van der Waals surface area (Å²) in [5.41, 5.74) is 6.98. The number of fused-ring (bicyclic) bond motifs is 1. The lowest BCUT2D eigenvalue weighted by Crippen LogP contribution is -2.04. The van der Waals surface area contributed by atoms with Crippen molar-refractivity contribution < 1.29 is 4.98 Å². The van der Waals surface area contributed by atoms with Crippen LogP contribution >= 0.6 is 11.3 Å². The number of H-pyrrole nitrogens is 1. The fraction of sp³-hybridized carbons (Fsp3) is 0.250. The third kappa shape index (κ3) is 0.881. The quantitative estimate of drug-likeness (QED) is 0.664. The molecule has 0 fully saturated rings. The lowest BCUT2D eigenvalue weighted by Gasteiger charge is -1.88. The number of rotatable bonds is 0. The predicted octanol–water partition coefficient (Wildman–Crippen LogP) is 1.31. The smallest absolute Gasteiger partial charge is 0.287 e. The van der Waals surface area contributed by atoms with Gasteiger partial charge in [0.2, 0.25) is 0 Å². The van der Waals surface area contributed by atoms with Crippen molar-refractivity contribution in [2.24, 2.45) is 0 Å². The molecule has 0 aliphatic carbocycles. The van der Waals surface area contributed by atoms with Crippen molar-refractivity contribution in [3.8, 4) is 0 Å². The van der Waals surface area contributed by atoms with Crippen LogP contribution in [0.3, 0.4) is 0 Å². The summed E-state index contributed by atoms with van der Waals surface area (Å²) in [7, 11) is 0. The highest BCUT2D eigenvalue weighted by molar-refractivity contribution is 7.18. The van der Waals surface area contributed by atoms with Gasteiger partial charge in [0, 0.05) is 4.88 Å². The Balaban J connectivity index is 2.97. The first kappa shape index (κ1) is 7.49. The number of nitrogens with two attached hydrogens (primary N) is 1. The minimum atomic E-state index is 0.616. The molecule has 2 aromatic heterocycles. The maximum Gasteiger partial charge on any atom is 0.287 e. The second-order valence-corrected chi connectivity index (χ2v) is 4.00. The van der Waals surface area contributed by atoms with Crippen LogP contribution in [0.1, 0.15) is 10.4 Å². The van der Waals surface area contributed by atoms with Crippen LogP contribution in [0.15, 0.2) is 6.33 Å². The number of hydrogen-bond donors (Lipinski definition) is 1. The van der Waals surface area contributed by atoms with Crippen molar-refractivity contribution in [2.45, 2.75) is 13.8 Å². The molecule has 12 heavy (non-hydrogen) atoms. The first-order valence-electron chi connectivity index (χ1n) is 3.72. The van der Waals surface area contributed by atoms with Crippen molar-refractivity contribution in [1.29, 1.82) is 0 Å². The molecule has 3 N–H and O–H groups in total. The van der Waals surface area contributed by atoms with Gasteiger partial charge in [-0.05, 0) is 24.4 Å². The SMILES string of the molecule is Cc1sc2[nH+]cnc(N)c2c1C. The maximum absolute atomic E-state index is 5.75. The van der Waals surface area contributed by atoms with E-state index in [1.54, 1.807) is 17.7 Å². The molecule has 0 amide bonds. The molecule has 2 aromatic rings. The molecule has 0 spiro atoms. The van der Waals surface area contributed by atoms with Gasteiger partial charge in [-0.25, -0.2) is 4.98 Å². The fourth-order valence-corrected chi connectivity index (χ4v) is 2.29. The van der Waals surface area contributed by atoms with Crippen LogP contribution in [-0.4, -0.2) is 4.98 Å². The third-order valence-electron chi connectivity index (χ3n) is 2.04. The average molecular weight is 180 g/mol. The van der Waals surface area contributed by atoms with Crippen LogP contribution in [0.25, 0.3) is 10.2 Å².